The normalized spacial score (nSPS) is 16.9. The van der Waals surface area contributed by atoms with E-state index in [1.165, 1.54) is 4.90 Å². The summed E-state index contributed by atoms with van der Waals surface area (Å²) >= 11 is 4.93. The first-order valence-electron chi connectivity index (χ1n) is 4.51. The molecule has 1 aliphatic heterocycles. The molecule has 0 aromatic carbocycles. The monoisotopic (exact) mass is 291 g/mol. The van der Waals surface area contributed by atoms with Crippen LogP contribution in [-0.2, 0) is 0 Å². The Morgan fingerprint density at radius 1 is 1.47 bits per heavy atom. The minimum atomic E-state index is -0.838. The van der Waals surface area contributed by atoms with Gasteiger partial charge in [0.25, 0.3) is 0 Å². The van der Waals surface area contributed by atoms with Crippen molar-refractivity contribution in [1.82, 2.24) is 9.88 Å². The maximum Gasteiger partial charge on any atom is 0.407 e. The summed E-state index contributed by atoms with van der Waals surface area (Å²) < 4.78 is 0.998. The number of anilines is 1. The second-order valence-electron chi connectivity index (χ2n) is 3.20. The third-order valence-electron chi connectivity index (χ3n) is 2.29. The molecule has 82 valence electrons. The largest absolute Gasteiger partial charge is 0.465 e. The van der Waals surface area contributed by atoms with E-state index >= 15 is 0 Å². The molecule has 0 bridgehead atoms. The summed E-state index contributed by atoms with van der Waals surface area (Å²) in [5.41, 5.74) is 0. The van der Waals surface area contributed by atoms with E-state index in [4.69, 9.17) is 5.11 Å². The Bertz CT molecular complexity index is 363. The molecule has 1 aromatic heterocycles. The van der Waals surface area contributed by atoms with E-state index in [0.717, 1.165) is 8.92 Å². The molecule has 15 heavy (non-hydrogen) atoms. The van der Waals surface area contributed by atoms with Crippen molar-refractivity contribution in [2.24, 2.45) is 0 Å². The molecule has 0 spiro atoms. The lowest BCUT2D eigenvalue weighted by Crippen LogP contribution is -2.48. The highest BCUT2D eigenvalue weighted by Crippen LogP contribution is 2.27. The minimum Gasteiger partial charge on any atom is -0.465 e. The van der Waals surface area contributed by atoms with E-state index in [2.05, 4.69) is 25.8 Å². The fourth-order valence-electron chi connectivity index (χ4n) is 1.48. The number of halogens is 1. The summed E-state index contributed by atoms with van der Waals surface area (Å²) in [5.74, 6) is 0. The van der Waals surface area contributed by atoms with Gasteiger partial charge in [-0.2, -0.15) is 0 Å². The van der Waals surface area contributed by atoms with Crippen LogP contribution in [0.2, 0.25) is 0 Å². The van der Waals surface area contributed by atoms with Gasteiger partial charge in [0.1, 0.15) is 0 Å². The number of carboxylic acid groups (broad SMARTS) is 1. The lowest BCUT2D eigenvalue weighted by atomic mass is 10.3. The van der Waals surface area contributed by atoms with Gasteiger partial charge in [-0.1, -0.05) is 11.3 Å². The highest BCUT2D eigenvalue weighted by atomic mass is 79.9. The number of hydrogen-bond acceptors (Lipinski definition) is 4. The first-order valence-corrected chi connectivity index (χ1v) is 6.12. The third kappa shape index (κ3) is 2.40. The predicted molar refractivity (Wildman–Crippen MR) is 61.6 cm³/mol. The van der Waals surface area contributed by atoms with Crippen molar-refractivity contribution in [2.75, 3.05) is 31.1 Å². The van der Waals surface area contributed by atoms with Gasteiger partial charge in [0.2, 0.25) is 0 Å². The SMILES string of the molecule is O=C(O)N1CCN(c2ncc(Br)s2)CC1. The van der Waals surface area contributed by atoms with Gasteiger partial charge in [0, 0.05) is 26.2 Å². The van der Waals surface area contributed by atoms with E-state index in [1.807, 2.05) is 0 Å². The number of nitrogens with zero attached hydrogens (tertiary/aromatic N) is 3. The molecule has 1 fully saturated rings. The number of amides is 1. The molecular weight excluding hydrogens is 282 g/mol. The zero-order chi connectivity index (χ0) is 10.8. The Balaban J connectivity index is 1.96. The quantitative estimate of drug-likeness (QED) is 0.856. The summed E-state index contributed by atoms with van der Waals surface area (Å²) in [5, 5.41) is 9.74. The molecule has 1 amide bonds. The zero-order valence-corrected chi connectivity index (χ0v) is 10.3. The van der Waals surface area contributed by atoms with Crippen molar-refractivity contribution in [3.8, 4) is 0 Å². The molecule has 1 aromatic rings. The van der Waals surface area contributed by atoms with Gasteiger partial charge in [-0.3, -0.25) is 0 Å². The van der Waals surface area contributed by atoms with Crippen molar-refractivity contribution in [2.45, 2.75) is 0 Å². The first-order chi connectivity index (χ1) is 7.16. The van der Waals surface area contributed by atoms with Gasteiger partial charge in [-0.25, -0.2) is 9.78 Å². The summed E-state index contributed by atoms with van der Waals surface area (Å²) in [7, 11) is 0. The molecule has 0 radical (unpaired) electrons. The summed E-state index contributed by atoms with van der Waals surface area (Å²) in [4.78, 5) is 18.5. The maximum absolute atomic E-state index is 10.7. The van der Waals surface area contributed by atoms with Crippen LogP contribution in [0.15, 0.2) is 9.98 Å². The van der Waals surface area contributed by atoms with Crippen LogP contribution < -0.4 is 4.90 Å². The zero-order valence-electron chi connectivity index (χ0n) is 7.89. The van der Waals surface area contributed by atoms with Crippen LogP contribution in [0.5, 0.6) is 0 Å². The lowest BCUT2D eigenvalue weighted by Gasteiger charge is -2.32. The molecule has 1 N–H and O–H groups in total. The number of hydrogen-bond donors (Lipinski definition) is 1. The molecule has 1 aliphatic rings. The number of aromatic nitrogens is 1. The van der Waals surface area contributed by atoms with Gasteiger partial charge in [-0.05, 0) is 15.9 Å². The third-order valence-corrected chi connectivity index (χ3v) is 3.82. The van der Waals surface area contributed by atoms with Crippen LogP contribution in [0, 0.1) is 0 Å². The van der Waals surface area contributed by atoms with Crippen LogP contribution in [0.1, 0.15) is 0 Å². The second-order valence-corrected chi connectivity index (χ2v) is 5.59. The van der Waals surface area contributed by atoms with Crippen molar-refractivity contribution in [1.29, 1.82) is 0 Å². The van der Waals surface area contributed by atoms with Crippen LogP contribution in [0.4, 0.5) is 9.93 Å². The average Bonchev–Trinajstić information content (AvgIpc) is 2.65. The minimum absolute atomic E-state index is 0.548. The fraction of sp³-hybridized carbons (Fsp3) is 0.500. The highest BCUT2D eigenvalue weighted by molar-refractivity contribution is 9.11. The predicted octanol–water partition coefficient (Wildman–Crippen LogP) is 1.71. The van der Waals surface area contributed by atoms with E-state index in [0.29, 0.717) is 26.2 Å². The Kier molecular flexibility index (Phi) is 3.11. The van der Waals surface area contributed by atoms with Crippen LogP contribution >= 0.6 is 27.3 Å². The van der Waals surface area contributed by atoms with Crippen LogP contribution in [0.25, 0.3) is 0 Å². The van der Waals surface area contributed by atoms with Crippen molar-refractivity contribution in [3.05, 3.63) is 9.98 Å². The van der Waals surface area contributed by atoms with E-state index in [-0.39, 0.29) is 0 Å². The summed E-state index contributed by atoms with van der Waals surface area (Å²) in [6.45, 7) is 2.53. The van der Waals surface area contributed by atoms with Crippen LogP contribution in [0.3, 0.4) is 0 Å². The van der Waals surface area contributed by atoms with Gasteiger partial charge in [0.05, 0.1) is 9.98 Å². The number of carbonyl (C=O) groups is 1. The van der Waals surface area contributed by atoms with Crippen LogP contribution in [-0.4, -0.2) is 47.3 Å². The molecule has 0 unspecified atom stereocenters. The Morgan fingerprint density at radius 2 is 2.13 bits per heavy atom. The van der Waals surface area contributed by atoms with E-state index < -0.39 is 6.09 Å². The molecular formula is C8H10BrN3O2S. The Morgan fingerprint density at radius 3 is 2.60 bits per heavy atom. The maximum atomic E-state index is 10.7. The average molecular weight is 292 g/mol. The smallest absolute Gasteiger partial charge is 0.407 e. The van der Waals surface area contributed by atoms with Crippen molar-refractivity contribution >= 4 is 38.5 Å². The second kappa shape index (κ2) is 4.36. The number of thiazole rings is 1. The molecule has 0 aliphatic carbocycles. The lowest BCUT2D eigenvalue weighted by molar-refractivity contribution is 0.142. The molecule has 2 rings (SSSR count). The molecule has 7 heteroatoms. The number of rotatable bonds is 1. The Hall–Kier alpha value is -0.820. The molecule has 0 saturated carbocycles. The molecule has 5 nitrogen and oxygen atoms in total. The van der Waals surface area contributed by atoms with E-state index in [9.17, 15) is 4.79 Å². The summed E-state index contributed by atoms with van der Waals surface area (Å²) in [6, 6.07) is 0. The summed E-state index contributed by atoms with van der Waals surface area (Å²) in [6.07, 6.45) is 0.929. The first kappa shape index (κ1) is 10.7. The molecule has 0 atom stereocenters. The van der Waals surface area contributed by atoms with Gasteiger partial charge in [-0.15, -0.1) is 0 Å². The Labute approximate surface area is 99.5 Å². The van der Waals surface area contributed by atoms with Crippen molar-refractivity contribution in [3.63, 3.8) is 0 Å². The topological polar surface area (TPSA) is 56.7 Å². The van der Waals surface area contributed by atoms with Gasteiger partial charge < -0.3 is 14.9 Å². The van der Waals surface area contributed by atoms with Crippen molar-refractivity contribution < 1.29 is 9.90 Å². The molecule has 1 saturated heterocycles. The van der Waals surface area contributed by atoms with Gasteiger partial charge in [0.15, 0.2) is 5.13 Å². The van der Waals surface area contributed by atoms with Gasteiger partial charge >= 0.3 is 6.09 Å². The molecule has 2 heterocycles. The fourth-order valence-corrected chi connectivity index (χ4v) is 2.71. The highest BCUT2D eigenvalue weighted by Gasteiger charge is 2.21. The standard InChI is InChI=1S/C8H10BrN3O2S/c9-6-5-10-7(15-6)11-1-3-12(4-2-11)8(13)14/h5H,1-4H2,(H,13,14). The number of piperazine rings is 1. The van der Waals surface area contributed by atoms with E-state index in [1.54, 1.807) is 17.5 Å².